The van der Waals surface area contributed by atoms with Crippen LogP contribution in [0.3, 0.4) is 0 Å². The van der Waals surface area contributed by atoms with E-state index < -0.39 is 0 Å². The van der Waals surface area contributed by atoms with Gasteiger partial charge in [-0.2, -0.15) is 0 Å². The predicted octanol–water partition coefficient (Wildman–Crippen LogP) is 2.84. The van der Waals surface area contributed by atoms with Crippen LogP contribution < -0.4 is 10.6 Å². The highest BCUT2D eigenvalue weighted by molar-refractivity contribution is 9.10. The topological polar surface area (TPSA) is 75.3 Å². The molecule has 5 nitrogen and oxygen atoms in total. The van der Waals surface area contributed by atoms with Gasteiger partial charge in [-0.3, -0.25) is 14.4 Å². The Morgan fingerprint density at radius 2 is 1.48 bits per heavy atom. The molecule has 0 aromatic heterocycles. The Morgan fingerprint density at radius 3 is 2.16 bits per heavy atom. The van der Waals surface area contributed by atoms with Crippen LogP contribution in [-0.4, -0.2) is 24.1 Å². The third-order valence-corrected chi connectivity index (χ3v) is 4.05. The highest BCUT2D eigenvalue weighted by Crippen LogP contribution is 2.12. The second-order valence-electron chi connectivity index (χ2n) is 5.47. The monoisotopic (exact) mass is 402 g/mol. The van der Waals surface area contributed by atoms with E-state index >= 15 is 0 Å². The standard InChI is InChI=1S/C19H19BrN2O3/c20-16-8-6-15(7-9-16)17(23)10-11-18(24)22-13-19(25)21-12-14-4-2-1-3-5-14/h1-9H,10-13H2,(H,21,25)(H,22,24). The van der Waals surface area contributed by atoms with Crippen molar-refractivity contribution in [2.24, 2.45) is 0 Å². The molecule has 0 radical (unpaired) electrons. The maximum atomic E-state index is 12.0. The van der Waals surface area contributed by atoms with Gasteiger partial charge in [-0.05, 0) is 17.7 Å². The molecule has 25 heavy (non-hydrogen) atoms. The van der Waals surface area contributed by atoms with Crippen molar-refractivity contribution in [1.29, 1.82) is 0 Å². The minimum Gasteiger partial charge on any atom is -0.350 e. The quantitative estimate of drug-likeness (QED) is 0.666. The summed E-state index contributed by atoms with van der Waals surface area (Å²) in [7, 11) is 0. The Kier molecular flexibility index (Phi) is 7.35. The fourth-order valence-corrected chi connectivity index (χ4v) is 2.40. The first-order valence-electron chi connectivity index (χ1n) is 7.90. The largest absolute Gasteiger partial charge is 0.350 e. The summed E-state index contributed by atoms with van der Waals surface area (Å²) in [6.45, 7) is 0.315. The van der Waals surface area contributed by atoms with Gasteiger partial charge in [0.15, 0.2) is 5.78 Å². The molecule has 6 heteroatoms. The molecule has 0 saturated heterocycles. The number of ketones is 1. The number of rotatable bonds is 8. The molecule has 2 aromatic carbocycles. The van der Waals surface area contributed by atoms with E-state index in [9.17, 15) is 14.4 Å². The zero-order valence-corrected chi connectivity index (χ0v) is 15.2. The van der Waals surface area contributed by atoms with E-state index in [1.54, 1.807) is 24.3 Å². The van der Waals surface area contributed by atoms with E-state index in [1.165, 1.54) is 0 Å². The van der Waals surface area contributed by atoms with E-state index in [4.69, 9.17) is 0 Å². The lowest BCUT2D eigenvalue weighted by molar-refractivity contribution is -0.126. The van der Waals surface area contributed by atoms with Crippen LogP contribution in [0.25, 0.3) is 0 Å². The summed E-state index contributed by atoms with van der Waals surface area (Å²) < 4.78 is 0.892. The molecule has 2 rings (SSSR count). The fourth-order valence-electron chi connectivity index (χ4n) is 2.13. The van der Waals surface area contributed by atoms with Crippen LogP contribution in [0, 0.1) is 0 Å². The number of Topliss-reactive ketones (excluding diaryl/α,β-unsaturated/α-hetero) is 1. The lowest BCUT2D eigenvalue weighted by atomic mass is 10.1. The van der Waals surface area contributed by atoms with E-state index in [0.717, 1.165) is 10.0 Å². The van der Waals surface area contributed by atoms with Gasteiger partial charge in [0.1, 0.15) is 0 Å². The van der Waals surface area contributed by atoms with E-state index in [2.05, 4.69) is 26.6 Å². The van der Waals surface area contributed by atoms with Gasteiger partial charge in [0.2, 0.25) is 11.8 Å². The van der Waals surface area contributed by atoms with Gasteiger partial charge in [-0.15, -0.1) is 0 Å². The van der Waals surface area contributed by atoms with Crippen LogP contribution >= 0.6 is 15.9 Å². The number of carbonyl (C=O) groups excluding carboxylic acids is 3. The van der Waals surface area contributed by atoms with Crippen LogP contribution in [0.4, 0.5) is 0 Å². The molecular formula is C19H19BrN2O3. The van der Waals surface area contributed by atoms with E-state index in [0.29, 0.717) is 12.1 Å². The van der Waals surface area contributed by atoms with Gasteiger partial charge < -0.3 is 10.6 Å². The first-order chi connectivity index (χ1) is 12.0. The lowest BCUT2D eigenvalue weighted by Crippen LogP contribution is -2.36. The molecular weight excluding hydrogens is 384 g/mol. The summed E-state index contributed by atoms with van der Waals surface area (Å²) in [5.74, 6) is -0.687. The Labute approximate surface area is 154 Å². The first kappa shape index (κ1) is 18.9. The minimum atomic E-state index is -0.319. The molecule has 130 valence electrons. The normalized spacial score (nSPS) is 10.1. The highest BCUT2D eigenvalue weighted by atomic mass is 79.9. The van der Waals surface area contributed by atoms with Gasteiger partial charge in [0, 0.05) is 29.4 Å². The Balaban J connectivity index is 1.65. The minimum absolute atomic E-state index is 0.0564. The maximum Gasteiger partial charge on any atom is 0.239 e. The molecule has 0 saturated carbocycles. The zero-order valence-electron chi connectivity index (χ0n) is 13.6. The molecule has 0 aliphatic rings. The fraction of sp³-hybridized carbons (Fsp3) is 0.211. The van der Waals surface area contributed by atoms with Gasteiger partial charge in [-0.25, -0.2) is 0 Å². The molecule has 0 unspecified atom stereocenters. The van der Waals surface area contributed by atoms with E-state index in [-0.39, 0.29) is 37.0 Å². The highest BCUT2D eigenvalue weighted by Gasteiger charge is 2.10. The maximum absolute atomic E-state index is 12.0. The van der Waals surface area contributed by atoms with Crippen molar-refractivity contribution in [3.8, 4) is 0 Å². The molecule has 2 aromatic rings. The van der Waals surface area contributed by atoms with Crippen molar-refractivity contribution in [1.82, 2.24) is 10.6 Å². The van der Waals surface area contributed by atoms with Crippen molar-refractivity contribution in [2.75, 3.05) is 6.54 Å². The Morgan fingerprint density at radius 1 is 0.800 bits per heavy atom. The summed E-state index contributed by atoms with van der Waals surface area (Å²) in [6.07, 6.45) is 0.167. The Bertz CT molecular complexity index is 730. The number of halogens is 1. The van der Waals surface area contributed by atoms with Crippen LogP contribution in [0.1, 0.15) is 28.8 Å². The molecule has 0 spiro atoms. The van der Waals surface area contributed by atoms with Gasteiger partial charge >= 0.3 is 0 Å². The van der Waals surface area contributed by atoms with Crippen LogP contribution in [0.15, 0.2) is 59.1 Å². The Hall–Kier alpha value is -2.47. The number of hydrogen-bond acceptors (Lipinski definition) is 3. The van der Waals surface area contributed by atoms with E-state index in [1.807, 2.05) is 30.3 Å². The summed E-state index contributed by atoms with van der Waals surface area (Å²) >= 11 is 3.31. The summed E-state index contributed by atoms with van der Waals surface area (Å²) in [5.41, 5.74) is 1.55. The second-order valence-corrected chi connectivity index (χ2v) is 6.38. The number of benzene rings is 2. The molecule has 2 amide bonds. The molecule has 2 N–H and O–H groups in total. The van der Waals surface area contributed by atoms with Crippen molar-refractivity contribution in [3.05, 3.63) is 70.2 Å². The number of amides is 2. The van der Waals surface area contributed by atoms with Crippen molar-refractivity contribution in [2.45, 2.75) is 19.4 Å². The van der Waals surface area contributed by atoms with Crippen molar-refractivity contribution in [3.63, 3.8) is 0 Å². The predicted molar refractivity (Wildman–Crippen MR) is 99.0 cm³/mol. The number of nitrogens with one attached hydrogen (secondary N) is 2. The molecule has 0 heterocycles. The summed E-state index contributed by atoms with van der Waals surface area (Å²) in [5, 5.41) is 5.25. The second kappa shape index (κ2) is 9.74. The van der Waals surface area contributed by atoms with Crippen molar-refractivity contribution >= 4 is 33.5 Å². The lowest BCUT2D eigenvalue weighted by Gasteiger charge is -2.07. The SMILES string of the molecule is O=C(CCC(=O)c1ccc(Br)cc1)NCC(=O)NCc1ccccc1. The smallest absolute Gasteiger partial charge is 0.239 e. The molecule has 0 aliphatic carbocycles. The average Bonchev–Trinajstić information content (AvgIpc) is 2.64. The number of carbonyl (C=O) groups is 3. The molecule has 0 aliphatic heterocycles. The van der Waals surface area contributed by atoms with Gasteiger partial charge in [0.25, 0.3) is 0 Å². The summed E-state index contributed by atoms with van der Waals surface area (Å²) in [4.78, 5) is 35.5. The van der Waals surface area contributed by atoms with Crippen LogP contribution in [0.2, 0.25) is 0 Å². The van der Waals surface area contributed by atoms with Crippen LogP contribution in [0.5, 0.6) is 0 Å². The first-order valence-corrected chi connectivity index (χ1v) is 8.70. The van der Waals surface area contributed by atoms with Gasteiger partial charge in [-0.1, -0.05) is 58.4 Å². The van der Waals surface area contributed by atoms with Crippen LogP contribution in [-0.2, 0) is 16.1 Å². The molecule has 0 bridgehead atoms. The zero-order chi connectivity index (χ0) is 18.1. The third kappa shape index (κ3) is 6.89. The van der Waals surface area contributed by atoms with Crippen molar-refractivity contribution < 1.29 is 14.4 Å². The molecule has 0 fully saturated rings. The molecule has 0 atom stereocenters. The third-order valence-electron chi connectivity index (χ3n) is 3.52. The average molecular weight is 403 g/mol. The summed E-state index contributed by atoms with van der Waals surface area (Å²) in [6, 6.07) is 16.5. The van der Waals surface area contributed by atoms with Gasteiger partial charge in [0.05, 0.1) is 6.54 Å². The number of hydrogen-bond donors (Lipinski definition) is 2.